The van der Waals surface area contributed by atoms with Crippen LogP contribution in [0.3, 0.4) is 0 Å². The van der Waals surface area contributed by atoms with Gasteiger partial charge in [-0.25, -0.2) is 0 Å². The van der Waals surface area contributed by atoms with Gasteiger partial charge in [0.05, 0.1) is 6.54 Å². The van der Waals surface area contributed by atoms with E-state index in [1.54, 1.807) is 0 Å². The van der Waals surface area contributed by atoms with Crippen molar-refractivity contribution in [3.05, 3.63) is 35.9 Å². The summed E-state index contributed by atoms with van der Waals surface area (Å²) < 4.78 is 0. The van der Waals surface area contributed by atoms with Gasteiger partial charge in [0.25, 0.3) is 0 Å². The summed E-state index contributed by atoms with van der Waals surface area (Å²) in [6.07, 6.45) is 2.88. The van der Waals surface area contributed by atoms with E-state index in [4.69, 9.17) is 0 Å². The van der Waals surface area contributed by atoms with E-state index < -0.39 is 0 Å². The molecule has 21 heavy (non-hydrogen) atoms. The van der Waals surface area contributed by atoms with Crippen molar-refractivity contribution >= 4 is 5.91 Å². The molecule has 0 bridgehead atoms. The fourth-order valence-electron chi connectivity index (χ4n) is 2.62. The third-order valence-electron chi connectivity index (χ3n) is 3.77. The summed E-state index contributed by atoms with van der Waals surface area (Å²) >= 11 is 0. The van der Waals surface area contributed by atoms with Gasteiger partial charge in [0.15, 0.2) is 0 Å². The molecule has 0 aliphatic carbocycles. The van der Waals surface area contributed by atoms with Gasteiger partial charge >= 0.3 is 0 Å². The lowest BCUT2D eigenvalue weighted by Gasteiger charge is -2.28. The fourth-order valence-corrected chi connectivity index (χ4v) is 2.62. The van der Waals surface area contributed by atoms with Crippen LogP contribution >= 0.6 is 0 Å². The lowest BCUT2D eigenvalue weighted by molar-refractivity contribution is -0.135. The summed E-state index contributed by atoms with van der Waals surface area (Å²) in [4.78, 5) is 14.5. The number of hydrogen-bond donors (Lipinski definition) is 1. The molecule has 0 spiro atoms. The van der Waals surface area contributed by atoms with Gasteiger partial charge in [-0.05, 0) is 44.5 Å². The summed E-state index contributed by atoms with van der Waals surface area (Å²) in [7, 11) is 0. The molecule has 0 atom stereocenters. The van der Waals surface area contributed by atoms with Crippen molar-refractivity contribution in [1.29, 1.82) is 0 Å². The zero-order valence-electron chi connectivity index (χ0n) is 12.8. The van der Waals surface area contributed by atoms with Crippen LogP contribution in [-0.2, 0) is 4.79 Å². The first kappa shape index (κ1) is 15.6. The van der Waals surface area contributed by atoms with Gasteiger partial charge < -0.3 is 10.2 Å². The molecule has 1 saturated heterocycles. The second kappa shape index (κ2) is 8.49. The van der Waals surface area contributed by atoms with Crippen LogP contribution in [0, 0.1) is 17.8 Å². The lowest BCUT2D eigenvalue weighted by atomic mass is 9.96. The smallest absolute Gasteiger partial charge is 0.226 e. The molecule has 1 aromatic rings. The number of rotatable bonds is 4. The average molecular weight is 284 g/mol. The molecule has 1 aliphatic heterocycles. The highest BCUT2D eigenvalue weighted by atomic mass is 16.2. The minimum Gasteiger partial charge on any atom is -0.331 e. The Morgan fingerprint density at radius 2 is 2.00 bits per heavy atom. The third-order valence-corrected chi connectivity index (χ3v) is 3.77. The number of nitrogens with zero attached hydrogens (tertiary/aromatic N) is 1. The van der Waals surface area contributed by atoms with Crippen molar-refractivity contribution in [1.82, 2.24) is 10.2 Å². The van der Waals surface area contributed by atoms with Crippen LogP contribution in [0.2, 0.25) is 0 Å². The van der Waals surface area contributed by atoms with Crippen LogP contribution in [-0.4, -0.2) is 37.0 Å². The first-order chi connectivity index (χ1) is 10.3. The maximum absolute atomic E-state index is 12.6. The maximum Gasteiger partial charge on any atom is 0.226 e. The second-order valence-corrected chi connectivity index (χ2v) is 5.45. The van der Waals surface area contributed by atoms with Crippen LogP contribution in [0.1, 0.15) is 31.7 Å². The Kier molecular flexibility index (Phi) is 6.30. The first-order valence-corrected chi connectivity index (χ1v) is 7.84. The van der Waals surface area contributed by atoms with Crippen LogP contribution in [0.5, 0.6) is 0 Å². The molecule has 1 aromatic carbocycles. The Bertz CT molecular complexity index is 495. The summed E-state index contributed by atoms with van der Waals surface area (Å²) in [6, 6.07) is 9.93. The summed E-state index contributed by atoms with van der Waals surface area (Å²) in [5.41, 5.74) is 1.00. The Balaban J connectivity index is 1.95. The molecule has 2 rings (SSSR count). The number of nitrogens with one attached hydrogen (secondary N) is 1. The number of carbonyl (C=O) groups is 1. The van der Waals surface area contributed by atoms with Crippen molar-refractivity contribution in [2.75, 3.05) is 26.2 Å². The van der Waals surface area contributed by atoms with Gasteiger partial charge in [-0.2, -0.15) is 0 Å². The van der Waals surface area contributed by atoms with E-state index in [1.807, 2.05) is 35.2 Å². The number of amides is 1. The minimum atomic E-state index is 0.177. The van der Waals surface area contributed by atoms with Gasteiger partial charge in [-0.3, -0.25) is 4.79 Å². The van der Waals surface area contributed by atoms with E-state index in [0.717, 1.165) is 44.5 Å². The van der Waals surface area contributed by atoms with Gasteiger partial charge in [-0.1, -0.05) is 37.0 Å². The summed E-state index contributed by atoms with van der Waals surface area (Å²) in [5.74, 6) is 6.74. The molecule has 3 nitrogen and oxygen atoms in total. The molecule has 1 heterocycles. The molecular weight excluding hydrogens is 260 g/mol. The van der Waals surface area contributed by atoms with Crippen molar-refractivity contribution in [2.24, 2.45) is 5.92 Å². The SMILES string of the molecule is CCCN(CC#Cc1ccccc1)C(=O)C1CCNCC1. The zero-order chi connectivity index (χ0) is 14.9. The standard InChI is InChI=1S/C18H24N2O/c1-2-14-20(18(21)17-10-12-19-13-11-17)15-6-9-16-7-4-3-5-8-16/h3-5,7-8,17,19H,2,10-15H2,1H3. The largest absolute Gasteiger partial charge is 0.331 e. The molecule has 0 aromatic heterocycles. The zero-order valence-corrected chi connectivity index (χ0v) is 12.8. The Labute approximate surface area is 127 Å². The highest BCUT2D eigenvalue weighted by Crippen LogP contribution is 2.15. The minimum absolute atomic E-state index is 0.177. The molecule has 1 fully saturated rings. The van der Waals surface area contributed by atoms with Gasteiger partial charge in [0, 0.05) is 18.0 Å². The van der Waals surface area contributed by atoms with Crippen LogP contribution in [0.15, 0.2) is 30.3 Å². The van der Waals surface area contributed by atoms with E-state index in [0.29, 0.717) is 6.54 Å². The molecular formula is C18H24N2O. The van der Waals surface area contributed by atoms with E-state index in [9.17, 15) is 4.79 Å². The Morgan fingerprint density at radius 1 is 1.29 bits per heavy atom. The summed E-state index contributed by atoms with van der Waals surface area (Å²) in [5, 5.41) is 3.31. The molecule has 3 heteroatoms. The molecule has 0 unspecified atom stereocenters. The quantitative estimate of drug-likeness (QED) is 0.860. The van der Waals surface area contributed by atoms with Crippen LogP contribution in [0.25, 0.3) is 0 Å². The van der Waals surface area contributed by atoms with Crippen LogP contribution in [0.4, 0.5) is 0 Å². The molecule has 1 amide bonds. The van der Waals surface area contributed by atoms with E-state index >= 15 is 0 Å². The van der Waals surface area contributed by atoms with E-state index in [2.05, 4.69) is 24.1 Å². The molecule has 1 N–H and O–H groups in total. The second-order valence-electron chi connectivity index (χ2n) is 5.45. The van der Waals surface area contributed by atoms with Crippen LogP contribution < -0.4 is 5.32 Å². The van der Waals surface area contributed by atoms with Gasteiger partial charge in [0.2, 0.25) is 5.91 Å². The predicted octanol–water partition coefficient (Wildman–Crippen LogP) is 2.28. The van der Waals surface area contributed by atoms with Crippen molar-refractivity contribution < 1.29 is 4.79 Å². The third kappa shape index (κ3) is 4.91. The highest BCUT2D eigenvalue weighted by Gasteiger charge is 2.24. The van der Waals surface area contributed by atoms with E-state index in [-0.39, 0.29) is 11.8 Å². The number of benzene rings is 1. The fraction of sp³-hybridized carbons (Fsp3) is 0.500. The Morgan fingerprint density at radius 3 is 2.67 bits per heavy atom. The number of carbonyl (C=O) groups excluding carboxylic acids is 1. The molecule has 112 valence electrons. The van der Waals surface area contributed by atoms with Crippen molar-refractivity contribution in [2.45, 2.75) is 26.2 Å². The monoisotopic (exact) mass is 284 g/mol. The molecule has 0 saturated carbocycles. The normalized spacial score (nSPS) is 15.1. The average Bonchev–Trinajstić information content (AvgIpc) is 2.55. The highest BCUT2D eigenvalue weighted by molar-refractivity contribution is 5.79. The summed E-state index contributed by atoms with van der Waals surface area (Å²) in [6.45, 7) is 5.34. The molecule has 1 aliphatic rings. The predicted molar refractivity (Wildman–Crippen MR) is 85.8 cm³/mol. The molecule has 0 radical (unpaired) electrons. The number of hydrogen-bond acceptors (Lipinski definition) is 2. The van der Waals surface area contributed by atoms with Crippen molar-refractivity contribution in [3.63, 3.8) is 0 Å². The van der Waals surface area contributed by atoms with E-state index in [1.165, 1.54) is 0 Å². The maximum atomic E-state index is 12.6. The van der Waals surface area contributed by atoms with Gasteiger partial charge in [0.1, 0.15) is 0 Å². The first-order valence-electron chi connectivity index (χ1n) is 7.84. The Hall–Kier alpha value is -1.79. The lowest BCUT2D eigenvalue weighted by Crippen LogP contribution is -2.41. The van der Waals surface area contributed by atoms with Gasteiger partial charge in [-0.15, -0.1) is 0 Å². The van der Waals surface area contributed by atoms with Crippen molar-refractivity contribution in [3.8, 4) is 11.8 Å². The topological polar surface area (TPSA) is 32.3 Å². The number of piperidine rings is 1.